The first-order valence-corrected chi connectivity index (χ1v) is 8.35. The number of hydrogen-bond acceptors (Lipinski definition) is 4. The Kier molecular flexibility index (Phi) is 4.45. The van der Waals surface area contributed by atoms with E-state index in [4.69, 9.17) is 0 Å². The fraction of sp³-hybridized carbons (Fsp3) is 0.467. The molecule has 1 amide bonds. The molecule has 1 N–H and O–H groups in total. The number of carbonyl (C=O) groups excluding carboxylic acids is 1. The van der Waals surface area contributed by atoms with Crippen LogP contribution in [-0.2, 0) is 17.9 Å². The zero-order chi connectivity index (χ0) is 14.7. The summed E-state index contributed by atoms with van der Waals surface area (Å²) < 4.78 is 1.95. The molecule has 0 unspecified atom stereocenters. The molecule has 1 aromatic carbocycles. The van der Waals surface area contributed by atoms with E-state index in [1.54, 1.807) is 0 Å². The Morgan fingerprint density at radius 3 is 2.81 bits per heavy atom. The summed E-state index contributed by atoms with van der Waals surface area (Å²) >= 11 is 1.90. The van der Waals surface area contributed by atoms with Crippen molar-refractivity contribution in [2.75, 3.05) is 24.6 Å². The van der Waals surface area contributed by atoms with Gasteiger partial charge in [-0.1, -0.05) is 12.1 Å². The molecular weight excluding hydrogens is 286 g/mol. The number of amides is 1. The highest BCUT2D eigenvalue weighted by molar-refractivity contribution is 7.99. The molecule has 2 heterocycles. The second kappa shape index (κ2) is 6.49. The molecule has 6 heteroatoms. The van der Waals surface area contributed by atoms with Gasteiger partial charge in [0.15, 0.2) is 0 Å². The predicted octanol–water partition coefficient (Wildman–Crippen LogP) is 1.49. The summed E-state index contributed by atoms with van der Waals surface area (Å²) in [4.78, 5) is 18.6. The highest BCUT2D eigenvalue weighted by Gasteiger charge is 2.17. The second-order valence-electron chi connectivity index (χ2n) is 5.07. The minimum Gasteiger partial charge on any atom is -0.388 e. The number of thioether (sulfide) groups is 1. The normalized spacial score (nSPS) is 15.6. The number of para-hydroxylation sites is 2. The van der Waals surface area contributed by atoms with Gasteiger partial charge in [0.1, 0.15) is 12.4 Å². The number of carbonyl (C=O) groups is 1. The van der Waals surface area contributed by atoms with Gasteiger partial charge < -0.3 is 14.6 Å². The van der Waals surface area contributed by atoms with Gasteiger partial charge in [0, 0.05) is 37.6 Å². The van der Waals surface area contributed by atoms with Crippen molar-refractivity contribution in [3.63, 3.8) is 0 Å². The molecule has 0 atom stereocenters. The minimum atomic E-state index is -0.108. The number of aromatic nitrogens is 2. The van der Waals surface area contributed by atoms with Crippen LogP contribution < -0.4 is 0 Å². The maximum Gasteiger partial charge on any atom is 0.224 e. The smallest absolute Gasteiger partial charge is 0.224 e. The number of imidazole rings is 1. The van der Waals surface area contributed by atoms with Crippen molar-refractivity contribution in [1.29, 1.82) is 0 Å². The van der Waals surface area contributed by atoms with Gasteiger partial charge in [0.25, 0.3) is 0 Å². The third-order valence-corrected chi connectivity index (χ3v) is 4.73. The van der Waals surface area contributed by atoms with Crippen molar-refractivity contribution in [2.45, 2.75) is 19.6 Å². The summed E-state index contributed by atoms with van der Waals surface area (Å²) in [7, 11) is 0. The molecule has 1 fully saturated rings. The Morgan fingerprint density at radius 2 is 2.05 bits per heavy atom. The van der Waals surface area contributed by atoms with Gasteiger partial charge in [-0.3, -0.25) is 4.79 Å². The van der Waals surface area contributed by atoms with E-state index >= 15 is 0 Å². The molecule has 0 aliphatic carbocycles. The van der Waals surface area contributed by atoms with Crippen LogP contribution in [0.15, 0.2) is 24.3 Å². The highest BCUT2D eigenvalue weighted by Crippen LogP contribution is 2.17. The average Bonchev–Trinajstić information content (AvgIpc) is 2.91. The molecule has 0 spiro atoms. The highest BCUT2D eigenvalue weighted by atomic mass is 32.2. The van der Waals surface area contributed by atoms with E-state index in [0.29, 0.717) is 18.8 Å². The molecule has 2 aromatic rings. The Bertz CT molecular complexity index is 635. The summed E-state index contributed by atoms with van der Waals surface area (Å²) in [5.41, 5.74) is 1.84. The molecule has 0 bridgehead atoms. The number of nitrogens with zero attached hydrogens (tertiary/aromatic N) is 3. The Morgan fingerprint density at radius 1 is 1.29 bits per heavy atom. The van der Waals surface area contributed by atoms with Gasteiger partial charge >= 0.3 is 0 Å². The first-order valence-electron chi connectivity index (χ1n) is 7.20. The maximum atomic E-state index is 12.2. The number of hydrogen-bond donors (Lipinski definition) is 1. The lowest BCUT2D eigenvalue weighted by Crippen LogP contribution is -2.38. The van der Waals surface area contributed by atoms with Gasteiger partial charge in [0.2, 0.25) is 5.91 Å². The van der Waals surface area contributed by atoms with E-state index in [1.807, 2.05) is 45.5 Å². The molecular formula is C15H19N3O2S. The summed E-state index contributed by atoms with van der Waals surface area (Å²) in [5, 5.41) is 9.45. The minimum absolute atomic E-state index is 0.108. The van der Waals surface area contributed by atoms with Crippen molar-refractivity contribution in [3.05, 3.63) is 30.1 Å². The number of aliphatic hydroxyl groups is 1. The zero-order valence-corrected chi connectivity index (χ0v) is 12.7. The molecule has 112 valence electrons. The van der Waals surface area contributed by atoms with Gasteiger partial charge in [-0.25, -0.2) is 4.98 Å². The van der Waals surface area contributed by atoms with Crippen LogP contribution in [0.3, 0.4) is 0 Å². The lowest BCUT2D eigenvalue weighted by molar-refractivity contribution is -0.131. The van der Waals surface area contributed by atoms with Gasteiger partial charge in [-0.2, -0.15) is 11.8 Å². The van der Waals surface area contributed by atoms with Crippen LogP contribution in [0.5, 0.6) is 0 Å². The summed E-state index contributed by atoms with van der Waals surface area (Å²) in [6.07, 6.45) is 0.456. The van der Waals surface area contributed by atoms with Gasteiger partial charge in [-0.15, -0.1) is 0 Å². The van der Waals surface area contributed by atoms with E-state index in [9.17, 15) is 9.90 Å². The van der Waals surface area contributed by atoms with E-state index in [1.165, 1.54) is 0 Å². The lowest BCUT2D eigenvalue weighted by Gasteiger charge is -2.26. The summed E-state index contributed by atoms with van der Waals surface area (Å²) in [6, 6.07) is 7.78. The van der Waals surface area contributed by atoms with Gasteiger partial charge in [0.05, 0.1) is 11.0 Å². The maximum absolute atomic E-state index is 12.2. The number of aliphatic hydroxyl groups excluding tert-OH is 1. The van der Waals surface area contributed by atoms with Crippen LogP contribution in [0.2, 0.25) is 0 Å². The predicted molar refractivity (Wildman–Crippen MR) is 84.2 cm³/mol. The first-order chi connectivity index (χ1) is 10.3. The van der Waals surface area contributed by atoms with Crippen molar-refractivity contribution < 1.29 is 9.90 Å². The lowest BCUT2D eigenvalue weighted by atomic mass is 10.3. The van der Waals surface area contributed by atoms with E-state index in [-0.39, 0.29) is 12.5 Å². The fourth-order valence-electron chi connectivity index (χ4n) is 2.67. The molecule has 1 aliphatic heterocycles. The van der Waals surface area contributed by atoms with Crippen LogP contribution in [0.4, 0.5) is 0 Å². The Labute approximate surface area is 128 Å². The summed E-state index contributed by atoms with van der Waals surface area (Å²) in [6.45, 7) is 2.16. The van der Waals surface area contributed by atoms with Gasteiger partial charge in [-0.05, 0) is 12.1 Å². The van der Waals surface area contributed by atoms with Crippen molar-refractivity contribution in [1.82, 2.24) is 14.5 Å². The molecule has 1 aliphatic rings. The number of rotatable bonds is 4. The molecule has 1 aromatic heterocycles. The van der Waals surface area contributed by atoms with Crippen molar-refractivity contribution >= 4 is 28.7 Å². The third-order valence-electron chi connectivity index (χ3n) is 3.79. The van der Waals surface area contributed by atoms with E-state index < -0.39 is 0 Å². The van der Waals surface area contributed by atoms with Crippen molar-refractivity contribution in [3.8, 4) is 0 Å². The second-order valence-corrected chi connectivity index (χ2v) is 6.29. The van der Waals surface area contributed by atoms with E-state index in [0.717, 1.165) is 35.6 Å². The van der Waals surface area contributed by atoms with E-state index in [2.05, 4.69) is 4.98 Å². The molecule has 0 saturated carbocycles. The number of aryl methyl sites for hydroxylation is 1. The fourth-order valence-corrected chi connectivity index (χ4v) is 3.58. The molecule has 5 nitrogen and oxygen atoms in total. The van der Waals surface area contributed by atoms with Crippen LogP contribution in [0.25, 0.3) is 11.0 Å². The monoisotopic (exact) mass is 305 g/mol. The Hall–Kier alpha value is -1.53. The summed E-state index contributed by atoms with van der Waals surface area (Å²) in [5.74, 6) is 2.87. The molecule has 0 radical (unpaired) electrons. The number of fused-ring (bicyclic) bond motifs is 1. The third kappa shape index (κ3) is 3.06. The van der Waals surface area contributed by atoms with Crippen LogP contribution in [-0.4, -0.2) is 50.1 Å². The molecule has 3 rings (SSSR count). The number of benzene rings is 1. The quantitative estimate of drug-likeness (QED) is 0.930. The van der Waals surface area contributed by atoms with Crippen LogP contribution in [0, 0.1) is 0 Å². The molecule has 1 saturated heterocycles. The largest absolute Gasteiger partial charge is 0.388 e. The SMILES string of the molecule is O=C(CCn1c(CO)nc2ccccc21)N1CCSCC1. The van der Waals surface area contributed by atoms with Crippen LogP contribution in [0.1, 0.15) is 12.2 Å². The zero-order valence-electron chi connectivity index (χ0n) is 11.9. The average molecular weight is 305 g/mol. The first kappa shape index (κ1) is 14.4. The Balaban J connectivity index is 1.73. The van der Waals surface area contributed by atoms with Crippen molar-refractivity contribution in [2.24, 2.45) is 0 Å². The standard InChI is InChI=1S/C15H19N3O2S/c19-11-14-16-12-3-1-2-4-13(12)18(14)6-5-15(20)17-7-9-21-10-8-17/h1-4,19H,5-11H2. The van der Waals surface area contributed by atoms with Crippen LogP contribution >= 0.6 is 11.8 Å². The molecule has 21 heavy (non-hydrogen) atoms. The topological polar surface area (TPSA) is 58.4 Å².